The first-order valence-corrected chi connectivity index (χ1v) is 13.1. The molecule has 3 amide bonds. The summed E-state index contributed by atoms with van der Waals surface area (Å²) in [6, 6.07) is 16.0. The topological polar surface area (TPSA) is 123 Å². The number of hydrogen-bond donors (Lipinski definition) is 2. The van der Waals surface area contributed by atoms with Crippen LogP contribution in [-0.2, 0) is 9.53 Å². The summed E-state index contributed by atoms with van der Waals surface area (Å²) in [5.74, 6) is 0.183. The highest BCUT2D eigenvalue weighted by Crippen LogP contribution is 2.32. The lowest BCUT2D eigenvalue weighted by Gasteiger charge is -2.42. The average Bonchev–Trinajstić information content (AvgIpc) is 3.38. The van der Waals surface area contributed by atoms with Gasteiger partial charge in [0.25, 0.3) is 11.8 Å². The third kappa shape index (κ3) is 5.96. The summed E-state index contributed by atoms with van der Waals surface area (Å²) in [6.07, 6.45) is 0.923. The Hall–Kier alpha value is -4.18. The summed E-state index contributed by atoms with van der Waals surface area (Å²) in [7, 11) is 1.75. The molecule has 0 spiro atoms. The Kier molecular flexibility index (Phi) is 7.65. The minimum atomic E-state index is -0.437. The number of nitrogens with one attached hydrogen (secondary N) is 2. The first-order valence-electron chi connectivity index (χ1n) is 13.1. The molecular formula is C29H32N4O6. The minimum absolute atomic E-state index is 0.0771. The van der Waals surface area contributed by atoms with Gasteiger partial charge in [-0.05, 0) is 50.5 Å². The third-order valence-electron chi connectivity index (χ3n) is 7.22. The Bertz CT molecular complexity index is 1360. The molecule has 0 radical (unpaired) electrons. The number of carbonyl (C=O) groups is 3. The standard InChI is InChI=1S/C29H32N4O6/c1-17-13-23(32-39-17)28(35)31-20-9-12-25-22(14-20)29(36)33(3)24-11-10-21(38-26(24)16-37-25)15-27(34)30-18(2)19-7-5-4-6-8-19/h4-9,12-14,18,21,24,26H,10-11,15-16H2,1-3H3,(H,30,34)(H,31,35)/t18-,21+,24+,26+/m1/s1. The Labute approximate surface area is 226 Å². The van der Waals surface area contributed by atoms with E-state index in [4.69, 9.17) is 14.0 Å². The van der Waals surface area contributed by atoms with Gasteiger partial charge in [0.2, 0.25) is 5.91 Å². The monoisotopic (exact) mass is 532 g/mol. The van der Waals surface area contributed by atoms with E-state index in [1.54, 1.807) is 37.1 Å². The molecule has 0 unspecified atom stereocenters. The number of anilines is 1. The number of likely N-dealkylation sites (N-methyl/N-ethyl adjacent to an activating group) is 1. The largest absolute Gasteiger partial charge is 0.490 e. The summed E-state index contributed by atoms with van der Waals surface area (Å²) in [6.45, 7) is 3.89. The molecule has 204 valence electrons. The zero-order chi connectivity index (χ0) is 27.5. The van der Waals surface area contributed by atoms with E-state index in [0.717, 1.165) is 5.56 Å². The van der Waals surface area contributed by atoms with Crippen LogP contribution < -0.4 is 15.4 Å². The Balaban J connectivity index is 1.23. The van der Waals surface area contributed by atoms with E-state index >= 15 is 0 Å². The van der Waals surface area contributed by atoms with Crippen molar-refractivity contribution in [2.45, 2.75) is 57.4 Å². The fraction of sp³-hybridized carbons (Fsp3) is 0.379. The molecule has 2 aromatic carbocycles. The van der Waals surface area contributed by atoms with Crippen molar-refractivity contribution < 1.29 is 28.4 Å². The highest BCUT2D eigenvalue weighted by atomic mass is 16.5. The molecule has 1 aromatic heterocycles. The number of carbonyl (C=O) groups excluding carboxylic acids is 3. The molecule has 10 heteroatoms. The Morgan fingerprint density at radius 1 is 1.13 bits per heavy atom. The van der Waals surface area contributed by atoms with Gasteiger partial charge in [-0.25, -0.2) is 0 Å². The molecule has 0 aliphatic carbocycles. The van der Waals surface area contributed by atoms with Crippen molar-refractivity contribution in [1.29, 1.82) is 0 Å². The number of amides is 3. The normalized spacial score (nSPS) is 21.5. The molecule has 0 bridgehead atoms. The average molecular weight is 533 g/mol. The SMILES string of the molecule is Cc1cc(C(=O)Nc2ccc3c(c2)C(=O)N(C)[C@H]2CC[C@@H](CC(=O)N[C@H](C)c4ccccc4)O[C@H]2CO3)no1. The highest BCUT2D eigenvalue weighted by molar-refractivity contribution is 6.04. The van der Waals surface area contributed by atoms with Crippen LogP contribution in [0.15, 0.2) is 59.1 Å². The molecule has 1 fully saturated rings. The number of fused-ring (bicyclic) bond motifs is 2. The van der Waals surface area contributed by atoms with Gasteiger partial charge in [0, 0.05) is 18.8 Å². The molecule has 5 rings (SSSR count). The second-order valence-corrected chi connectivity index (χ2v) is 10.1. The number of ether oxygens (including phenoxy) is 2. The second kappa shape index (κ2) is 11.3. The van der Waals surface area contributed by atoms with E-state index in [1.807, 2.05) is 37.3 Å². The maximum absolute atomic E-state index is 13.5. The van der Waals surface area contributed by atoms with Gasteiger partial charge in [-0.2, -0.15) is 0 Å². The van der Waals surface area contributed by atoms with E-state index in [-0.39, 0.29) is 54.8 Å². The van der Waals surface area contributed by atoms with Crippen molar-refractivity contribution in [3.05, 3.63) is 77.2 Å². The van der Waals surface area contributed by atoms with Gasteiger partial charge >= 0.3 is 0 Å². The lowest BCUT2D eigenvalue weighted by atomic mass is 9.94. The molecule has 3 aromatic rings. The first-order chi connectivity index (χ1) is 18.8. The van der Waals surface area contributed by atoms with Crippen LogP contribution in [-0.4, -0.2) is 59.7 Å². The number of hydrogen-bond acceptors (Lipinski definition) is 7. The number of aryl methyl sites for hydroxylation is 1. The number of benzene rings is 2. The summed E-state index contributed by atoms with van der Waals surface area (Å²) in [5, 5.41) is 9.51. The molecule has 2 aliphatic heterocycles. The van der Waals surface area contributed by atoms with E-state index in [0.29, 0.717) is 35.6 Å². The van der Waals surface area contributed by atoms with Crippen LogP contribution in [0.5, 0.6) is 5.75 Å². The number of aromatic nitrogens is 1. The third-order valence-corrected chi connectivity index (χ3v) is 7.22. The zero-order valence-electron chi connectivity index (χ0n) is 22.2. The van der Waals surface area contributed by atoms with Gasteiger partial charge < -0.3 is 29.5 Å². The maximum Gasteiger partial charge on any atom is 0.277 e. The van der Waals surface area contributed by atoms with E-state index in [9.17, 15) is 14.4 Å². The van der Waals surface area contributed by atoms with E-state index < -0.39 is 5.91 Å². The quantitative estimate of drug-likeness (QED) is 0.494. The van der Waals surface area contributed by atoms with Gasteiger partial charge in [-0.1, -0.05) is 35.5 Å². The Morgan fingerprint density at radius 2 is 1.92 bits per heavy atom. The van der Waals surface area contributed by atoms with Crippen molar-refractivity contribution in [3.8, 4) is 5.75 Å². The van der Waals surface area contributed by atoms with Gasteiger partial charge in [-0.3, -0.25) is 14.4 Å². The molecule has 10 nitrogen and oxygen atoms in total. The molecule has 4 atom stereocenters. The van der Waals surface area contributed by atoms with Crippen molar-refractivity contribution in [3.63, 3.8) is 0 Å². The van der Waals surface area contributed by atoms with E-state index in [1.165, 1.54) is 6.07 Å². The smallest absolute Gasteiger partial charge is 0.277 e. The van der Waals surface area contributed by atoms with Gasteiger partial charge in [-0.15, -0.1) is 0 Å². The van der Waals surface area contributed by atoms with Crippen LogP contribution in [0.2, 0.25) is 0 Å². The van der Waals surface area contributed by atoms with Crippen LogP contribution in [0.3, 0.4) is 0 Å². The van der Waals surface area contributed by atoms with E-state index in [2.05, 4.69) is 15.8 Å². The van der Waals surface area contributed by atoms with Crippen molar-refractivity contribution in [2.24, 2.45) is 0 Å². The fourth-order valence-corrected chi connectivity index (χ4v) is 5.11. The van der Waals surface area contributed by atoms with Crippen molar-refractivity contribution >= 4 is 23.4 Å². The maximum atomic E-state index is 13.5. The van der Waals surface area contributed by atoms with Crippen LogP contribution in [0.4, 0.5) is 5.69 Å². The predicted molar refractivity (Wildman–Crippen MR) is 143 cm³/mol. The molecule has 0 saturated carbocycles. The van der Waals surface area contributed by atoms with Crippen molar-refractivity contribution in [1.82, 2.24) is 15.4 Å². The Morgan fingerprint density at radius 3 is 2.67 bits per heavy atom. The van der Waals surface area contributed by atoms with Gasteiger partial charge in [0.15, 0.2) is 5.69 Å². The van der Waals surface area contributed by atoms with Crippen LogP contribution >= 0.6 is 0 Å². The van der Waals surface area contributed by atoms with Crippen LogP contribution in [0, 0.1) is 6.92 Å². The summed E-state index contributed by atoms with van der Waals surface area (Å²) < 4.78 is 17.3. The van der Waals surface area contributed by atoms with Gasteiger partial charge in [0.05, 0.1) is 30.2 Å². The zero-order valence-corrected chi connectivity index (χ0v) is 22.2. The summed E-state index contributed by atoms with van der Waals surface area (Å²) in [5.41, 5.74) is 1.98. The predicted octanol–water partition coefficient (Wildman–Crippen LogP) is 3.88. The summed E-state index contributed by atoms with van der Waals surface area (Å²) >= 11 is 0. The molecule has 2 N–H and O–H groups in total. The van der Waals surface area contributed by atoms with Crippen LogP contribution in [0.25, 0.3) is 0 Å². The highest BCUT2D eigenvalue weighted by Gasteiger charge is 2.39. The van der Waals surface area contributed by atoms with Crippen LogP contribution in [0.1, 0.15) is 64.4 Å². The number of nitrogens with zero attached hydrogens (tertiary/aromatic N) is 2. The molecule has 3 heterocycles. The summed E-state index contributed by atoms with van der Waals surface area (Å²) in [4.78, 5) is 40.3. The molecule has 1 saturated heterocycles. The fourth-order valence-electron chi connectivity index (χ4n) is 5.11. The molecule has 2 aliphatic rings. The molecular weight excluding hydrogens is 500 g/mol. The first kappa shape index (κ1) is 26.4. The second-order valence-electron chi connectivity index (χ2n) is 10.1. The lowest BCUT2D eigenvalue weighted by molar-refractivity contribution is -0.134. The minimum Gasteiger partial charge on any atom is -0.490 e. The lowest BCUT2D eigenvalue weighted by Crippen LogP contribution is -2.54. The molecule has 39 heavy (non-hydrogen) atoms. The number of rotatable bonds is 6. The van der Waals surface area contributed by atoms with Gasteiger partial charge in [0.1, 0.15) is 24.2 Å². The van der Waals surface area contributed by atoms with Crippen molar-refractivity contribution in [2.75, 3.05) is 19.0 Å².